The molecule has 3 rings (SSSR count). The van der Waals surface area contributed by atoms with Gasteiger partial charge in [0.25, 0.3) is 0 Å². The summed E-state index contributed by atoms with van der Waals surface area (Å²) in [5.74, 6) is 1.45. The van der Waals surface area contributed by atoms with Crippen LogP contribution in [0, 0.1) is 0 Å². The van der Waals surface area contributed by atoms with Gasteiger partial charge in [-0.2, -0.15) is 0 Å². The molecule has 1 saturated carbocycles. The second kappa shape index (κ2) is 5.76. The summed E-state index contributed by atoms with van der Waals surface area (Å²) in [5.41, 5.74) is 8.35. The summed E-state index contributed by atoms with van der Waals surface area (Å²) >= 11 is 3.51. The minimum Gasteiger partial charge on any atom is -0.383 e. The molecule has 0 radical (unpaired) electrons. The van der Waals surface area contributed by atoms with E-state index in [1.807, 2.05) is 0 Å². The van der Waals surface area contributed by atoms with Crippen molar-refractivity contribution in [3.05, 3.63) is 51.9 Å². The second-order valence-corrected chi connectivity index (χ2v) is 6.49. The van der Waals surface area contributed by atoms with Gasteiger partial charge in [-0.25, -0.2) is 9.97 Å². The Kier molecular flexibility index (Phi) is 3.98. The van der Waals surface area contributed by atoms with Crippen LogP contribution in [-0.2, 0) is 11.8 Å². The molecule has 1 aliphatic rings. The largest absolute Gasteiger partial charge is 0.383 e. The van der Waals surface area contributed by atoms with Crippen LogP contribution in [0.1, 0.15) is 49.7 Å². The molecule has 0 spiro atoms. The first kappa shape index (κ1) is 14.5. The van der Waals surface area contributed by atoms with Gasteiger partial charge < -0.3 is 5.73 Å². The molecule has 0 aliphatic heterocycles. The third-order valence-corrected chi connectivity index (χ3v) is 5.36. The lowest BCUT2D eigenvalue weighted by Gasteiger charge is -2.29. The number of aromatic nitrogens is 2. The maximum atomic E-state index is 6.10. The van der Waals surface area contributed by atoms with Gasteiger partial charge in [0.2, 0.25) is 0 Å². The highest BCUT2D eigenvalue weighted by atomic mass is 79.9. The van der Waals surface area contributed by atoms with Gasteiger partial charge in [0.1, 0.15) is 11.6 Å². The number of halogens is 1. The number of nitrogens with two attached hydrogens (primary N) is 1. The zero-order chi connectivity index (χ0) is 14.9. The average molecular weight is 346 g/mol. The average Bonchev–Trinajstić information content (AvgIpc) is 3.01. The lowest BCUT2D eigenvalue weighted by Crippen LogP contribution is -2.27. The molecule has 0 saturated heterocycles. The lowest BCUT2D eigenvalue weighted by molar-refractivity contribution is 0.497. The van der Waals surface area contributed by atoms with Crippen molar-refractivity contribution in [3.8, 4) is 0 Å². The van der Waals surface area contributed by atoms with Gasteiger partial charge in [0.05, 0.1) is 15.6 Å². The van der Waals surface area contributed by atoms with Crippen molar-refractivity contribution in [1.29, 1.82) is 0 Å². The fourth-order valence-electron chi connectivity index (χ4n) is 3.34. The number of nitrogens with zero attached hydrogens (tertiary/aromatic N) is 2. The SMILES string of the molecule is CCc1nc(C2(c3ccccc3)CCCC2)nc(N)c1Br. The second-order valence-electron chi connectivity index (χ2n) is 5.70. The summed E-state index contributed by atoms with van der Waals surface area (Å²) in [4.78, 5) is 9.48. The summed E-state index contributed by atoms with van der Waals surface area (Å²) in [6.07, 6.45) is 5.49. The van der Waals surface area contributed by atoms with E-state index >= 15 is 0 Å². The van der Waals surface area contributed by atoms with Crippen LogP contribution in [0.15, 0.2) is 34.8 Å². The Morgan fingerprint density at radius 2 is 1.81 bits per heavy atom. The van der Waals surface area contributed by atoms with E-state index in [2.05, 4.69) is 58.2 Å². The Balaban J connectivity index is 2.17. The summed E-state index contributed by atoms with van der Waals surface area (Å²) < 4.78 is 0.843. The third kappa shape index (κ3) is 2.46. The Labute approximate surface area is 134 Å². The molecule has 1 aromatic carbocycles. The van der Waals surface area contributed by atoms with Crippen molar-refractivity contribution < 1.29 is 0 Å². The Bertz CT molecular complexity index is 634. The summed E-state index contributed by atoms with van der Waals surface area (Å²) in [6, 6.07) is 10.6. The minimum atomic E-state index is -0.0694. The van der Waals surface area contributed by atoms with Gasteiger partial charge in [-0.3, -0.25) is 0 Å². The first-order chi connectivity index (χ1) is 10.2. The molecule has 0 atom stereocenters. The molecule has 4 heteroatoms. The zero-order valence-corrected chi connectivity index (χ0v) is 13.9. The van der Waals surface area contributed by atoms with Gasteiger partial charge in [-0.15, -0.1) is 0 Å². The van der Waals surface area contributed by atoms with E-state index in [4.69, 9.17) is 10.7 Å². The molecule has 1 aromatic heterocycles. The van der Waals surface area contributed by atoms with E-state index in [1.165, 1.54) is 18.4 Å². The van der Waals surface area contributed by atoms with Crippen LogP contribution < -0.4 is 5.73 Å². The van der Waals surface area contributed by atoms with E-state index in [9.17, 15) is 0 Å². The molecular weight excluding hydrogens is 326 g/mol. The van der Waals surface area contributed by atoms with E-state index in [-0.39, 0.29) is 5.41 Å². The molecule has 0 amide bonds. The van der Waals surface area contributed by atoms with E-state index < -0.39 is 0 Å². The van der Waals surface area contributed by atoms with Gasteiger partial charge in [0.15, 0.2) is 0 Å². The number of rotatable bonds is 3. The van der Waals surface area contributed by atoms with E-state index in [0.29, 0.717) is 5.82 Å². The highest BCUT2D eigenvalue weighted by Gasteiger charge is 2.40. The van der Waals surface area contributed by atoms with Crippen LogP contribution in [0.25, 0.3) is 0 Å². The third-order valence-electron chi connectivity index (χ3n) is 4.49. The van der Waals surface area contributed by atoms with Crippen LogP contribution in [-0.4, -0.2) is 9.97 Å². The van der Waals surface area contributed by atoms with Crippen molar-refractivity contribution in [2.45, 2.75) is 44.4 Å². The van der Waals surface area contributed by atoms with Gasteiger partial charge in [-0.1, -0.05) is 50.1 Å². The fourth-order valence-corrected chi connectivity index (χ4v) is 3.80. The van der Waals surface area contributed by atoms with Crippen LogP contribution in [0.3, 0.4) is 0 Å². The highest BCUT2D eigenvalue weighted by Crippen LogP contribution is 2.45. The molecule has 1 fully saturated rings. The quantitative estimate of drug-likeness (QED) is 0.904. The lowest BCUT2D eigenvalue weighted by atomic mass is 9.78. The van der Waals surface area contributed by atoms with E-state index in [1.54, 1.807) is 0 Å². The van der Waals surface area contributed by atoms with Crippen molar-refractivity contribution in [2.75, 3.05) is 5.73 Å². The predicted molar refractivity (Wildman–Crippen MR) is 89.2 cm³/mol. The van der Waals surface area contributed by atoms with Crippen molar-refractivity contribution in [1.82, 2.24) is 9.97 Å². The summed E-state index contributed by atoms with van der Waals surface area (Å²) in [7, 11) is 0. The molecule has 21 heavy (non-hydrogen) atoms. The molecule has 2 N–H and O–H groups in total. The van der Waals surface area contributed by atoms with Crippen molar-refractivity contribution in [3.63, 3.8) is 0 Å². The zero-order valence-electron chi connectivity index (χ0n) is 12.3. The number of anilines is 1. The number of hydrogen-bond donors (Lipinski definition) is 1. The fraction of sp³-hybridized carbons (Fsp3) is 0.412. The van der Waals surface area contributed by atoms with Crippen molar-refractivity contribution >= 4 is 21.7 Å². The topological polar surface area (TPSA) is 51.8 Å². The first-order valence-corrected chi connectivity index (χ1v) is 8.34. The number of aryl methyl sites for hydroxylation is 1. The predicted octanol–water partition coefficient (Wildman–Crippen LogP) is 4.24. The standard InChI is InChI=1S/C17H20BrN3/c1-2-13-14(18)15(19)21-16(20-13)17(10-6-7-11-17)12-8-4-3-5-9-12/h3-5,8-9H,2,6-7,10-11H2,1H3,(H2,19,20,21). The van der Waals surface area contributed by atoms with E-state index in [0.717, 1.165) is 35.3 Å². The number of nitrogen functional groups attached to an aromatic ring is 1. The van der Waals surface area contributed by atoms with Crippen LogP contribution >= 0.6 is 15.9 Å². The van der Waals surface area contributed by atoms with Gasteiger partial charge in [0, 0.05) is 0 Å². The Morgan fingerprint density at radius 1 is 1.14 bits per heavy atom. The minimum absolute atomic E-state index is 0.0694. The van der Waals surface area contributed by atoms with Crippen molar-refractivity contribution in [2.24, 2.45) is 0 Å². The van der Waals surface area contributed by atoms with Crippen LogP contribution in [0.5, 0.6) is 0 Å². The number of benzene rings is 1. The molecule has 110 valence electrons. The molecule has 2 aromatic rings. The normalized spacial score (nSPS) is 17.0. The van der Waals surface area contributed by atoms with Gasteiger partial charge in [-0.05, 0) is 40.8 Å². The molecular formula is C17H20BrN3. The van der Waals surface area contributed by atoms with Crippen LogP contribution in [0.2, 0.25) is 0 Å². The number of hydrogen-bond acceptors (Lipinski definition) is 3. The molecule has 1 heterocycles. The first-order valence-electron chi connectivity index (χ1n) is 7.55. The molecule has 1 aliphatic carbocycles. The smallest absolute Gasteiger partial charge is 0.141 e. The van der Waals surface area contributed by atoms with Crippen LogP contribution in [0.4, 0.5) is 5.82 Å². The maximum Gasteiger partial charge on any atom is 0.141 e. The molecule has 0 bridgehead atoms. The Morgan fingerprint density at radius 3 is 2.43 bits per heavy atom. The summed E-state index contributed by atoms with van der Waals surface area (Å²) in [5, 5.41) is 0. The molecule has 0 unspecified atom stereocenters. The summed E-state index contributed by atoms with van der Waals surface area (Å²) in [6.45, 7) is 2.10. The maximum absolute atomic E-state index is 6.10. The van der Waals surface area contributed by atoms with Gasteiger partial charge >= 0.3 is 0 Å². The Hall–Kier alpha value is -1.42. The molecule has 3 nitrogen and oxygen atoms in total. The highest BCUT2D eigenvalue weighted by molar-refractivity contribution is 9.10. The monoisotopic (exact) mass is 345 g/mol.